The Morgan fingerprint density at radius 1 is 1.23 bits per heavy atom. The third-order valence-electron chi connectivity index (χ3n) is 6.44. The molecule has 12 heteroatoms. The van der Waals surface area contributed by atoms with Gasteiger partial charge in [-0.3, -0.25) is 9.36 Å². The minimum absolute atomic E-state index is 0.0158. The molecule has 1 unspecified atom stereocenters. The second kappa shape index (κ2) is 10.5. The molecule has 1 fully saturated rings. The van der Waals surface area contributed by atoms with E-state index in [0.717, 1.165) is 12.2 Å². The second-order valence-electron chi connectivity index (χ2n) is 8.76. The number of carbonyl (C=O) groups is 1. The maximum absolute atomic E-state index is 12.5. The number of aliphatic hydroxyl groups excluding tert-OH is 2. The molecule has 0 bridgehead atoms. The van der Waals surface area contributed by atoms with E-state index in [0.29, 0.717) is 36.4 Å². The number of anilines is 1. The highest BCUT2D eigenvalue weighted by Gasteiger charge is 2.44. The van der Waals surface area contributed by atoms with Crippen LogP contribution in [0.15, 0.2) is 36.9 Å². The Balaban J connectivity index is 1.05. The summed E-state index contributed by atoms with van der Waals surface area (Å²) in [6.45, 7) is 1.28. The molecule has 1 aromatic carbocycles. The van der Waals surface area contributed by atoms with Gasteiger partial charge >= 0.3 is 0 Å². The fraction of sp³-hybridized carbons (Fsp3) is 0.478. The summed E-state index contributed by atoms with van der Waals surface area (Å²) in [6, 6.07) is 7.97. The molecule has 5 rings (SSSR count). The summed E-state index contributed by atoms with van der Waals surface area (Å²) in [5.41, 5.74) is 9.16. The number of hydrogen-bond acceptors (Lipinski definition) is 10. The van der Waals surface area contributed by atoms with Crippen molar-refractivity contribution >= 4 is 34.7 Å². The number of rotatable bonds is 8. The number of hydrogen-bond donors (Lipinski definition) is 5. The molecule has 0 radical (unpaired) electrons. The molecular formula is C23H29N7O4S. The quantitative estimate of drug-likeness (QED) is 0.267. The highest BCUT2D eigenvalue weighted by Crippen LogP contribution is 2.33. The normalized spacial score (nSPS) is 26.1. The maximum Gasteiger partial charge on any atom is 0.237 e. The van der Waals surface area contributed by atoms with Gasteiger partial charge in [-0.05, 0) is 29.7 Å². The number of nitrogens with zero attached hydrogens (tertiary/aromatic N) is 4. The number of aliphatic hydroxyl groups is 2. The van der Waals surface area contributed by atoms with Crippen LogP contribution < -0.4 is 16.4 Å². The van der Waals surface area contributed by atoms with Gasteiger partial charge in [0.05, 0.1) is 18.5 Å². The average Bonchev–Trinajstić information content (AvgIpc) is 3.43. The topological polar surface area (TPSA) is 160 Å². The van der Waals surface area contributed by atoms with E-state index in [4.69, 9.17) is 10.5 Å². The number of thioether (sulfide) groups is 1. The standard InChI is InChI=1S/C23H29N7O4S/c24-20-17-21(28-11-27-20)30(12-29-17)23-19(32)18(31)16(34-23)10-35-7-3-6-25-22(33)15-8-13-4-1-2-5-14(13)9-26-15/h1-2,4-5,11-12,15-16,18-19,23,26,31-32H,3,6-10H2,(H,25,33)(H2,24,27,28)/t15?,16-,18-,19-,23-/m1/s1. The van der Waals surface area contributed by atoms with Crippen molar-refractivity contribution in [2.45, 2.75) is 50.0 Å². The monoisotopic (exact) mass is 499 g/mol. The lowest BCUT2D eigenvalue weighted by Gasteiger charge is -2.25. The number of aromatic nitrogens is 4. The molecule has 5 atom stereocenters. The number of ether oxygens (including phenoxy) is 1. The van der Waals surface area contributed by atoms with Crippen LogP contribution in [0.3, 0.4) is 0 Å². The predicted molar refractivity (Wildman–Crippen MR) is 131 cm³/mol. The van der Waals surface area contributed by atoms with E-state index in [1.807, 2.05) is 12.1 Å². The second-order valence-corrected chi connectivity index (χ2v) is 9.90. The van der Waals surface area contributed by atoms with Crippen LogP contribution in [0.2, 0.25) is 0 Å². The molecule has 2 aliphatic rings. The first-order valence-corrected chi connectivity index (χ1v) is 12.8. The highest BCUT2D eigenvalue weighted by molar-refractivity contribution is 7.99. The molecule has 6 N–H and O–H groups in total. The molecule has 186 valence electrons. The molecule has 0 aliphatic carbocycles. The van der Waals surface area contributed by atoms with Crippen molar-refractivity contribution in [3.8, 4) is 0 Å². The van der Waals surface area contributed by atoms with Crippen LogP contribution in [0.1, 0.15) is 23.8 Å². The Hall–Kier alpha value is -2.77. The van der Waals surface area contributed by atoms with Crippen molar-refractivity contribution < 1.29 is 19.7 Å². The number of benzene rings is 1. The van der Waals surface area contributed by atoms with Crippen LogP contribution in [0.5, 0.6) is 0 Å². The summed E-state index contributed by atoms with van der Waals surface area (Å²) in [5.74, 6) is 1.55. The van der Waals surface area contributed by atoms with Gasteiger partial charge in [-0.1, -0.05) is 24.3 Å². The Morgan fingerprint density at radius 3 is 2.91 bits per heavy atom. The van der Waals surface area contributed by atoms with Gasteiger partial charge in [0.2, 0.25) is 5.91 Å². The number of nitrogen functional groups attached to an aromatic ring is 1. The molecule has 0 saturated carbocycles. The minimum Gasteiger partial charge on any atom is -0.387 e. The van der Waals surface area contributed by atoms with Crippen molar-refractivity contribution in [1.29, 1.82) is 0 Å². The first-order valence-electron chi connectivity index (χ1n) is 11.6. The Bertz CT molecular complexity index is 1190. The van der Waals surface area contributed by atoms with Crippen LogP contribution in [-0.2, 0) is 22.5 Å². The molecule has 1 amide bonds. The third-order valence-corrected chi connectivity index (χ3v) is 7.58. The summed E-state index contributed by atoms with van der Waals surface area (Å²) in [5, 5.41) is 27.4. The van der Waals surface area contributed by atoms with Gasteiger partial charge in [0.1, 0.15) is 24.1 Å². The van der Waals surface area contributed by atoms with Gasteiger partial charge < -0.3 is 31.3 Å². The Morgan fingerprint density at radius 2 is 2.06 bits per heavy atom. The van der Waals surface area contributed by atoms with Crippen molar-refractivity contribution in [1.82, 2.24) is 30.2 Å². The van der Waals surface area contributed by atoms with Crippen LogP contribution in [0.25, 0.3) is 11.2 Å². The number of nitrogens with one attached hydrogen (secondary N) is 2. The van der Waals surface area contributed by atoms with Gasteiger partial charge in [-0.2, -0.15) is 11.8 Å². The number of carbonyl (C=O) groups excluding carboxylic acids is 1. The predicted octanol–water partition coefficient (Wildman–Crippen LogP) is -0.0183. The van der Waals surface area contributed by atoms with E-state index in [2.05, 4.69) is 37.7 Å². The third kappa shape index (κ3) is 4.98. The summed E-state index contributed by atoms with van der Waals surface area (Å²) in [7, 11) is 0. The van der Waals surface area contributed by atoms with Crippen LogP contribution in [-0.4, -0.2) is 78.0 Å². The summed E-state index contributed by atoms with van der Waals surface area (Å²) < 4.78 is 7.52. The van der Waals surface area contributed by atoms with Gasteiger partial charge in [0, 0.05) is 18.8 Å². The summed E-state index contributed by atoms with van der Waals surface area (Å²) in [6.07, 6.45) is 0.765. The fourth-order valence-corrected chi connectivity index (χ4v) is 5.52. The first kappa shape index (κ1) is 23.9. The van der Waals surface area contributed by atoms with E-state index in [1.165, 1.54) is 23.8 Å². The molecule has 35 heavy (non-hydrogen) atoms. The van der Waals surface area contributed by atoms with Gasteiger partial charge in [-0.25, -0.2) is 15.0 Å². The lowest BCUT2D eigenvalue weighted by molar-refractivity contribution is -0.123. The molecule has 3 aromatic rings. The maximum atomic E-state index is 12.5. The van der Waals surface area contributed by atoms with E-state index >= 15 is 0 Å². The Labute approximate surface area is 206 Å². The summed E-state index contributed by atoms with van der Waals surface area (Å²) in [4.78, 5) is 24.8. The van der Waals surface area contributed by atoms with Crippen molar-refractivity contribution in [2.75, 3.05) is 23.8 Å². The van der Waals surface area contributed by atoms with Gasteiger partial charge in [0.25, 0.3) is 0 Å². The van der Waals surface area contributed by atoms with E-state index in [-0.39, 0.29) is 17.8 Å². The number of nitrogens with two attached hydrogens (primary N) is 1. The van der Waals surface area contributed by atoms with E-state index in [1.54, 1.807) is 16.3 Å². The zero-order chi connectivity index (χ0) is 24.4. The van der Waals surface area contributed by atoms with Gasteiger partial charge in [-0.15, -0.1) is 0 Å². The van der Waals surface area contributed by atoms with Crippen molar-refractivity contribution in [3.05, 3.63) is 48.0 Å². The van der Waals surface area contributed by atoms with E-state index < -0.39 is 24.5 Å². The number of imidazole rings is 1. The van der Waals surface area contributed by atoms with Crippen LogP contribution in [0, 0.1) is 0 Å². The molecule has 4 heterocycles. The minimum atomic E-state index is -1.12. The zero-order valence-electron chi connectivity index (χ0n) is 19.1. The van der Waals surface area contributed by atoms with Crippen molar-refractivity contribution in [2.24, 2.45) is 0 Å². The van der Waals surface area contributed by atoms with Crippen LogP contribution in [0.4, 0.5) is 5.82 Å². The fourth-order valence-electron chi connectivity index (χ4n) is 4.50. The van der Waals surface area contributed by atoms with Crippen LogP contribution >= 0.6 is 11.8 Å². The Kier molecular flexibility index (Phi) is 7.16. The zero-order valence-corrected chi connectivity index (χ0v) is 19.9. The number of fused-ring (bicyclic) bond motifs is 2. The lowest BCUT2D eigenvalue weighted by atomic mass is 9.95. The number of amides is 1. The van der Waals surface area contributed by atoms with Gasteiger partial charge in [0.15, 0.2) is 17.7 Å². The molecule has 0 spiro atoms. The highest BCUT2D eigenvalue weighted by atomic mass is 32.2. The van der Waals surface area contributed by atoms with Crippen molar-refractivity contribution in [3.63, 3.8) is 0 Å². The molecule has 11 nitrogen and oxygen atoms in total. The van der Waals surface area contributed by atoms with E-state index in [9.17, 15) is 15.0 Å². The molecule has 2 aliphatic heterocycles. The SMILES string of the molecule is Nc1ncnc2c1ncn2[C@@H]1O[C@H](CSCCCNC(=O)C2Cc3ccccc3CN2)[C@@H](O)[C@H]1O. The average molecular weight is 500 g/mol. The first-order chi connectivity index (χ1) is 17.0. The molecular weight excluding hydrogens is 470 g/mol. The largest absolute Gasteiger partial charge is 0.387 e. The molecule has 2 aromatic heterocycles. The molecule has 1 saturated heterocycles. The lowest BCUT2D eigenvalue weighted by Crippen LogP contribution is -2.47. The summed E-state index contributed by atoms with van der Waals surface area (Å²) >= 11 is 1.61. The smallest absolute Gasteiger partial charge is 0.237 e.